The summed E-state index contributed by atoms with van der Waals surface area (Å²) in [5, 5.41) is 6.92. The molecule has 3 rings (SSSR count). The largest absolute Gasteiger partial charge is 0.340 e. The molecule has 1 heterocycles. The van der Waals surface area contributed by atoms with E-state index in [1.165, 1.54) is 6.08 Å². The minimum absolute atomic E-state index is 0.0891. The van der Waals surface area contributed by atoms with Crippen LogP contribution in [0, 0.1) is 5.92 Å². The van der Waals surface area contributed by atoms with Crippen molar-refractivity contribution in [3.05, 3.63) is 47.6 Å². The van der Waals surface area contributed by atoms with Crippen LogP contribution in [0.5, 0.6) is 0 Å². The molecule has 2 aromatic rings. The predicted molar refractivity (Wildman–Crippen MR) is 106 cm³/mol. The molecule has 0 radical (unpaired) electrons. The molecule has 28 heavy (non-hydrogen) atoms. The minimum atomic E-state index is -3.32. The molecule has 1 aliphatic carbocycles. The third kappa shape index (κ3) is 5.66. The van der Waals surface area contributed by atoms with Crippen LogP contribution in [0.2, 0.25) is 0 Å². The maximum Gasteiger partial charge on any atom is 0.249 e. The Morgan fingerprint density at radius 1 is 1.25 bits per heavy atom. The average Bonchev–Trinajstić information content (AvgIpc) is 3.35. The second-order valence-corrected chi connectivity index (χ2v) is 9.07. The van der Waals surface area contributed by atoms with Crippen molar-refractivity contribution in [2.45, 2.75) is 38.6 Å². The van der Waals surface area contributed by atoms with E-state index >= 15 is 0 Å². The Labute approximate surface area is 164 Å². The maximum absolute atomic E-state index is 12.3. The monoisotopic (exact) mass is 404 g/mol. The third-order valence-corrected chi connectivity index (χ3v) is 4.88. The van der Waals surface area contributed by atoms with Gasteiger partial charge in [-0.1, -0.05) is 31.1 Å². The number of benzene rings is 1. The van der Waals surface area contributed by atoms with Gasteiger partial charge in [-0.3, -0.25) is 9.52 Å². The number of carbonyl (C=O) groups excluding carboxylic acids is 1. The summed E-state index contributed by atoms with van der Waals surface area (Å²) in [6.45, 7) is 3.95. The van der Waals surface area contributed by atoms with Crippen LogP contribution in [0.4, 0.5) is 5.69 Å². The standard InChI is InChI=1S/C19H24N4O4S/c1-12(2)17(19-21-18(22-27-19)14-7-8-14)20-16(24)11-6-13-4-9-15(10-5-13)23-28(3,25)26/h4-6,9-12,14,17,23H,7-8H2,1-3H3,(H,20,24)/b11-6+. The van der Waals surface area contributed by atoms with Gasteiger partial charge in [0.15, 0.2) is 5.82 Å². The number of hydrogen-bond donors (Lipinski definition) is 2. The molecule has 8 nitrogen and oxygen atoms in total. The fourth-order valence-corrected chi connectivity index (χ4v) is 3.21. The zero-order valence-electron chi connectivity index (χ0n) is 16.0. The van der Waals surface area contributed by atoms with Gasteiger partial charge in [0.1, 0.15) is 6.04 Å². The predicted octanol–water partition coefficient (Wildman–Crippen LogP) is 2.85. The Bertz CT molecular complexity index is 960. The van der Waals surface area contributed by atoms with Gasteiger partial charge in [0.25, 0.3) is 0 Å². The summed E-state index contributed by atoms with van der Waals surface area (Å²) >= 11 is 0. The second-order valence-electron chi connectivity index (χ2n) is 7.32. The first-order chi connectivity index (χ1) is 13.2. The Morgan fingerprint density at radius 2 is 1.93 bits per heavy atom. The lowest BCUT2D eigenvalue weighted by molar-refractivity contribution is -0.117. The molecule has 1 unspecified atom stereocenters. The third-order valence-electron chi connectivity index (χ3n) is 4.27. The van der Waals surface area contributed by atoms with E-state index in [0.29, 0.717) is 23.3 Å². The number of amides is 1. The van der Waals surface area contributed by atoms with Crippen molar-refractivity contribution in [2.24, 2.45) is 5.92 Å². The summed E-state index contributed by atoms with van der Waals surface area (Å²) < 4.78 is 30.2. The highest BCUT2D eigenvalue weighted by molar-refractivity contribution is 7.92. The van der Waals surface area contributed by atoms with Gasteiger partial charge in [0.2, 0.25) is 21.8 Å². The number of nitrogens with zero attached hydrogens (tertiary/aromatic N) is 2. The van der Waals surface area contributed by atoms with Crippen LogP contribution in [0.1, 0.15) is 55.9 Å². The van der Waals surface area contributed by atoms with Crippen LogP contribution < -0.4 is 10.0 Å². The average molecular weight is 404 g/mol. The fraction of sp³-hybridized carbons (Fsp3) is 0.421. The normalized spacial score (nSPS) is 15.7. The van der Waals surface area contributed by atoms with Gasteiger partial charge in [-0.15, -0.1) is 0 Å². The van der Waals surface area contributed by atoms with Crippen molar-refractivity contribution in [3.8, 4) is 0 Å². The van der Waals surface area contributed by atoms with Crippen molar-refractivity contribution in [1.29, 1.82) is 0 Å². The molecular formula is C19H24N4O4S. The summed E-state index contributed by atoms with van der Waals surface area (Å²) in [7, 11) is -3.32. The topological polar surface area (TPSA) is 114 Å². The highest BCUT2D eigenvalue weighted by Gasteiger charge is 2.31. The van der Waals surface area contributed by atoms with Crippen LogP contribution in [0.3, 0.4) is 0 Å². The van der Waals surface area contributed by atoms with E-state index < -0.39 is 10.0 Å². The van der Waals surface area contributed by atoms with E-state index in [4.69, 9.17) is 4.52 Å². The lowest BCUT2D eigenvalue weighted by Gasteiger charge is -2.17. The zero-order chi connectivity index (χ0) is 20.3. The smallest absolute Gasteiger partial charge is 0.249 e. The van der Waals surface area contributed by atoms with Gasteiger partial charge in [0.05, 0.1) is 6.26 Å². The van der Waals surface area contributed by atoms with Crippen LogP contribution >= 0.6 is 0 Å². The van der Waals surface area contributed by atoms with Gasteiger partial charge in [-0.25, -0.2) is 8.42 Å². The molecule has 0 spiro atoms. The minimum Gasteiger partial charge on any atom is -0.340 e. The Morgan fingerprint density at radius 3 is 2.50 bits per heavy atom. The van der Waals surface area contributed by atoms with Crippen molar-refractivity contribution in [3.63, 3.8) is 0 Å². The summed E-state index contributed by atoms with van der Waals surface area (Å²) in [6.07, 6.45) is 6.33. The first-order valence-electron chi connectivity index (χ1n) is 9.11. The number of anilines is 1. The van der Waals surface area contributed by atoms with Crippen LogP contribution in [0.15, 0.2) is 34.9 Å². The van der Waals surface area contributed by atoms with Gasteiger partial charge < -0.3 is 9.84 Å². The second kappa shape index (κ2) is 8.14. The number of aromatic nitrogens is 2. The number of nitrogens with one attached hydrogen (secondary N) is 2. The van der Waals surface area contributed by atoms with Gasteiger partial charge in [-0.05, 0) is 42.5 Å². The highest BCUT2D eigenvalue weighted by Crippen LogP contribution is 2.38. The molecule has 150 valence electrons. The molecule has 1 saturated carbocycles. The molecule has 1 aromatic carbocycles. The fourth-order valence-electron chi connectivity index (χ4n) is 2.64. The first-order valence-corrected chi connectivity index (χ1v) is 11.0. The molecule has 1 atom stereocenters. The molecule has 1 aliphatic rings. The molecule has 0 saturated heterocycles. The lowest BCUT2D eigenvalue weighted by Crippen LogP contribution is -2.30. The number of carbonyl (C=O) groups is 1. The van der Waals surface area contributed by atoms with Gasteiger partial charge in [-0.2, -0.15) is 4.98 Å². The molecule has 1 amide bonds. The summed E-state index contributed by atoms with van der Waals surface area (Å²) in [4.78, 5) is 16.8. The number of sulfonamides is 1. The lowest BCUT2D eigenvalue weighted by atomic mass is 10.0. The zero-order valence-corrected chi connectivity index (χ0v) is 16.9. The Hall–Kier alpha value is -2.68. The van der Waals surface area contributed by atoms with Gasteiger partial charge >= 0.3 is 0 Å². The summed E-state index contributed by atoms with van der Waals surface area (Å²) in [6, 6.07) is 6.34. The molecule has 1 fully saturated rings. The molecule has 0 aliphatic heterocycles. The maximum atomic E-state index is 12.3. The number of hydrogen-bond acceptors (Lipinski definition) is 6. The van der Waals surface area contributed by atoms with Crippen molar-refractivity contribution >= 4 is 27.7 Å². The molecular weight excluding hydrogens is 380 g/mol. The molecule has 1 aromatic heterocycles. The molecule has 9 heteroatoms. The Balaban J connectivity index is 1.62. The van der Waals surface area contributed by atoms with E-state index in [2.05, 4.69) is 20.2 Å². The van der Waals surface area contributed by atoms with Crippen LogP contribution in [-0.2, 0) is 14.8 Å². The van der Waals surface area contributed by atoms with Gasteiger partial charge in [0, 0.05) is 17.7 Å². The van der Waals surface area contributed by atoms with Crippen molar-refractivity contribution in [2.75, 3.05) is 11.0 Å². The van der Waals surface area contributed by atoms with E-state index in [1.807, 2.05) is 13.8 Å². The molecule has 0 bridgehead atoms. The van der Waals surface area contributed by atoms with Crippen molar-refractivity contribution in [1.82, 2.24) is 15.5 Å². The van der Waals surface area contributed by atoms with E-state index in [9.17, 15) is 13.2 Å². The first kappa shape index (κ1) is 20.1. The quantitative estimate of drug-likeness (QED) is 0.654. The van der Waals surface area contributed by atoms with E-state index in [-0.39, 0.29) is 17.9 Å². The SMILES string of the molecule is CC(C)C(NC(=O)/C=C/c1ccc(NS(C)(=O)=O)cc1)c1nc(C2CC2)no1. The van der Waals surface area contributed by atoms with E-state index in [0.717, 1.165) is 24.7 Å². The van der Waals surface area contributed by atoms with Crippen molar-refractivity contribution < 1.29 is 17.7 Å². The molecule has 2 N–H and O–H groups in total. The Kier molecular flexibility index (Phi) is 5.83. The highest BCUT2D eigenvalue weighted by atomic mass is 32.2. The van der Waals surface area contributed by atoms with Crippen LogP contribution in [-0.4, -0.2) is 30.7 Å². The van der Waals surface area contributed by atoms with Crippen LogP contribution in [0.25, 0.3) is 6.08 Å². The number of rotatable bonds is 8. The summed E-state index contributed by atoms with van der Waals surface area (Å²) in [5.74, 6) is 1.35. The van der Waals surface area contributed by atoms with E-state index in [1.54, 1.807) is 30.3 Å². The summed E-state index contributed by atoms with van der Waals surface area (Å²) in [5.41, 5.74) is 1.23.